The summed E-state index contributed by atoms with van der Waals surface area (Å²) >= 11 is 0. The molecule has 0 saturated carbocycles. The number of para-hydroxylation sites is 1. The van der Waals surface area contributed by atoms with Crippen LogP contribution in [0, 0.1) is 0 Å². The number of carbonyl (C=O) groups is 1. The molecule has 1 amide bonds. The molecule has 0 radical (unpaired) electrons. The number of hydrogen-bond donors (Lipinski definition) is 2. The fourth-order valence-corrected chi connectivity index (χ4v) is 3.05. The van der Waals surface area contributed by atoms with Crippen molar-refractivity contribution in [3.8, 4) is 0 Å². The molecule has 4 nitrogen and oxygen atoms in total. The van der Waals surface area contributed by atoms with Gasteiger partial charge in [-0.25, -0.2) is 0 Å². The van der Waals surface area contributed by atoms with Crippen LogP contribution in [0.5, 0.6) is 0 Å². The molecule has 1 aromatic rings. The van der Waals surface area contributed by atoms with Crippen molar-refractivity contribution in [1.82, 2.24) is 0 Å². The summed E-state index contributed by atoms with van der Waals surface area (Å²) in [6.45, 7) is 4.37. The van der Waals surface area contributed by atoms with Crippen molar-refractivity contribution in [1.29, 1.82) is 0 Å². The average Bonchev–Trinajstić information content (AvgIpc) is 2.65. The van der Waals surface area contributed by atoms with Crippen LogP contribution >= 0.6 is 0 Å². The van der Waals surface area contributed by atoms with E-state index in [2.05, 4.69) is 6.92 Å². The van der Waals surface area contributed by atoms with E-state index in [9.17, 15) is 15.0 Å². The lowest BCUT2D eigenvalue weighted by molar-refractivity contribution is -0.139. The van der Waals surface area contributed by atoms with Gasteiger partial charge in [0.2, 0.25) is 0 Å². The van der Waals surface area contributed by atoms with Crippen LogP contribution in [-0.4, -0.2) is 28.8 Å². The summed E-state index contributed by atoms with van der Waals surface area (Å²) in [5.74, 6) is -0.305. The van der Waals surface area contributed by atoms with Crippen molar-refractivity contribution in [3.05, 3.63) is 29.8 Å². The van der Waals surface area contributed by atoms with Gasteiger partial charge in [-0.3, -0.25) is 4.79 Å². The van der Waals surface area contributed by atoms with Crippen LogP contribution in [0.4, 0.5) is 5.69 Å². The van der Waals surface area contributed by atoms with Crippen LogP contribution in [0.3, 0.4) is 0 Å². The third-order valence-corrected chi connectivity index (χ3v) is 4.07. The summed E-state index contributed by atoms with van der Waals surface area (Å²) in [6.07, 6.45) is 3.62. The van der Waals surface area contributed by atoms with Crippen molar-refractivity contribution in [2.24, 2.45) is 0 Å². The topological polar surface area (TPSA) is 60.8 Å². The molecule has 1 aliphatic heterocycles. The zero-order valence-electron chi connectivity index (χ0n) is 12.9. The van der Waals surface area contributed by atoms with Crippen LogP contribution < -0.4 is 4.90 Å². The number of unbranched alkanes of at least 4 members (excludes halogenated alkanes) is 3. The molecule has 0 saturated heterocycles. The molecule has 1 aromatic carbocycles. The van der Waals surface area contributed by atoms with E-state index in [4.69, 9.17) is 0 Å². The van der Waals surface area contributed by atoms with E-state index in [1.54, 1.807) is 17.9 Å². The number of aliphatic hydroxyl groups is 2. The number of carbonyl (C=O) groups excluding carboxylic acids is 1. The highest BCUT2D eigenvalue weighted by Crippen LogP contribution is 2.42. The molecule has 116 valence electrons. The molecular formula is C17H25NO3. The Labute approximate surface area is 126 Å². The fourth-order valence-electron chi connectivity index (χ4n) is 3.05. The first-order chi connectivity index (χ1) is 10.0. The number of aliphatic hydroxyl groups excluding tert-OH is 1. The molecule has 0 fully saturated rings. The SMILES string of the molecule is CCCCCCN1C(=O)C(O)(CC(C)O)c2ccccc21. The van der Waals surface area contributed by atoms with Crippen LogP contribution in [0.2, 0.25) is 0 Å². The van der Waals surface area contributed by atoms with E-state index in [0.29, 0.717) is 12.1 Å². The monoisotopic (exact) mass is 291 g/mol. The maximum atomic E-state index is 12.6. The smallest absolute Gasteiger partial charge is 0.263 e. The normalized spacial score (nSPS) is 22.5. The minimum Gasteiger partial charge on any atom is -0.393 e. The van der Waals surface area contributed by atoms with Gasteiger partial charge >= 0.3 is 0 Å². The van der Waals surface area contributed by atoms with Crippen LogP contribution in [0.1, 0.15) is 51.5 Å². The van der Waals surface area contributed by atoms with Gasteiger partial charge in [0.1, 0.15) is 0 Å². The Morgan fingerprint density at radius 1 is 1.24 bits per heavy atom. The van der Waals surface area contributed by atoms with Crippen LogP contribution in [0.25, 0.3) is 0 Å². The minimum atomic E-state index is -1.59. The van der Waals surface area contributed by atoms with Gasteiger partial charge in [0.15, 0.2) is 5.60 Å². The molecule has 0 aromatic heterocycles. The highest BCUT2D eigenvalue weighted by molar-refractivity contribution is 6.06. The molecule has 2 unspecified atom stereocenters. The summed E-state index contributed by atoms with van der Waals surface area (Å²) in [5.41, 5.74) is -0.191. The van der Waals surface area contributed by atoms with Gasteiger partial charge in [-0.1, -0.05) is 44.4 Å². The summed E-state index contributed by atoms with van der Waals surface area (Å²) in [4.78, 5) is 14.3. The summed E-state index contributed by atoms with van der Waals surface area (Å²) in [6, 6.07) is 7.34. The summed E-state index contributed by atoms with van der Waals surface area (Å²) < 4.78 is 0. The fraction of sp³-hybridized carbons (Fsp3) is 0.588. The van der Waals surface area contributed by atoms with Crippen LogP contribution in [0.15, 0.2) is 24.3 Å². The maximum Gasteiger partial charge on any atom is 0.263 e. The zero-order valence-corrected chi connectivity index (χ0v) is 12.9. The van der Waals surface area contributed by atoms with E-state index in [-0.39, 0.29) is 12.3 Å². The first kappa shape index (κ1) is 16.0. The molecule has 0 spiro atoms. The Morgan fingerprint density at radius 2 is 1.95 bits per heavy atom. The molecule has 1 aliphatic rings. The molecule has 21 heavy (non-hydrogen) atoms. The number of amides is 1. The zero-order chi connectivity index (χ0) is 15.5. The number of anilines is 1. The van der Waals surface area contributed by atoms with E-state index < -0.39 is 11.7 Å². The third kappa shape index (κ3) is 3.11. The van der Waals surface area contributed by atoms with E-state index in [1.165, 1.54) is 0 Å². The van der Waals surface area contributed by atoms with Crippen molar-refractivity contribution < 1.29 is 15.0 Å². The number of benzene rings is 1. The van der Waals surface area contributed by atoms with E-state index >= 15 is 0 Å². The molecular weight excluding hydrogens is 266 g/mol. The number of fused-ring (bicyclic) bond motifs is 1. The average molecular weight is 291 g/mol. The number of rotatable bonds is 7. The summed E-state index contributed by atoms with van der Waals surface area (Å²) in [7, 11) is 0. The Morgan fingerprint density at radius 3 is 2.62 bits per heavy atom. The number of nitrogens with zero attached hydrogens (tertiary/aromatic N) is 1. The van der Waals surface area contributed by atoms with Gasteiger partial charge in [0, 0.05) is 18.5 Å². The second-order valence-electron chi connectivity index (χ2n) is 5.95. The maximum absolute atomic E-state index is 12.6. The quantitative estimate of drug-likeness (QED) is 0.759. The highest BCUT2D eigenvalue weighted by Gasteiger charge is 2.49. The molecule has 2 rings (SSSR count). The highest BCUT2D eigenvalue weighted by atomic mass is 16.3. The molecule has 4 heteroatoms. The Kier molecular flexibility index (Phi) is 5.01. The van der Waals surface area contributed by atoms with Gasteiger partial charge in [-0.15, -0.1) is 0 Å². The van der Waals surface area contributed by atoms with Gasteiger partial charge < -0.3 is 15.1 Å². The molecule has 1 heterocycles. The predicted octanol–water partition coefficient (Wildman–Crippen LogP) is 2.57. The van der Waals surface area contributed by atoms with Gasteiger partial charge in [-0.2, -0.15) is 0 Å². The van der Waals surface area contributed by atoms with Crippen molar-refractivity contribution in [2.75, 3.05) is 11.4 Å². The second-order valence-corrected chi connectivity index (χ2v) is 5.95. The lowest BCUT2D eigenvalue weighted by Gasteiger charge is -2.24. The number of hydrogen-bond acceptors (Lipinski definition) is 3. The predicted molar refractivity (Wildman–Crippen MR) is 83.1 cm³/mol. The Balaban J connectivity index is 2.22. The van der Waals surface area contributed by atoms with Crippen molar-refractivity contribution in [3.63, 3.8) is 0 Å². The Hall–Kier alpha value is -1.39. The first-order valence-electron chi connectivity index (χ1n) is 7.82. The Bertz CT molecular complexity index is 501. The van der Waals surface area contributed by atoms with Gasteiger partial charge in [0.05, 0.1) is 11.8 Å². The molecule has 0 aliphatic carbocycles. The molecule has 0 bridgehead atoms. The van der Waals surface area contributed by atoms with Gasteiger partial charge in [0.25, 0.3) is 5.91 Å². The first-order valence-corrected chi connectivity index (χ1v) is 7.82. The van der Waals surface area contributed by atoms with Gasteiger partial charge in [-0.05, 0) is 19.4 Å². The van der Waals surface area contributed by atoms with Crippen LogP contribution in [-0.2, 0) is 10.4 Å². The van der Waals surface area contributed by atoms with Crippen molar-refractivity contribution >= 4 is 11.6 Å². The standard InChI is InChI=1S/C17H25NO3/c1-3-4-5-8-11-18-15-10-7-6-9-14(15)17(21,16(18)20)12-13(2)19/h6-7,9-10,13,19,21H,3-5,8,11-12H2,1-2H3. The lowest BCUT2D eigenvalue weighted by atomic mass is 9.90. The largest absolute Gasteiger partial charge is 0.393 e. The minimum absolute atomic E-state index is 0.0360. The summed E-state index contributed by atoms with van der Waals surface area (Å²) in [5, 5.41) is 20.4. The third-order valence-electron chi connectivity index (χ3n) is 4.07. The lowest BCUT2D eigenvalue weighted by Crippen LogP contribution is -2.42. The second kappa shape index (κ2) is 6.58. The molecule has 2 atom stereocenters. The van der Waals surface area contributed by atoms with E-state index in [1.807, 2.05) is 18.2 Å². The van der Waals surface area contributed by atoms with E-state index in [0.717, 1.165) is 31.4 Å². The molecule has 2 N–H and O–H groups in total. The van der Waals surface area contributed by atoms with Crippen molar-refractivity contribution in [2.45, 2.75) is 57.7 Å².